The van der Waals surface area contributed by atoms with Crippen LogP contribution < -0.4 is 14.9 Å². The number of hydrazone groups is 1. The topological polar surface area (TPSA) is 123 Å². The Morgan fingerprint density at radius 3 is 2.44 bits per heavy atom. The highest BCUT2D eigenvalue weighted by atomic mass is 35.5. The van der Waals surface area contributed by atoms with Gasteiger partial charge in [-0.05, 0) is 18.2 Å². The molecule has 0 atom stereocenters. The summed E-state index contributed by atoms with van der Waals surface area (Å²) in [4.78, 5) is 22.7. The van der Waals surface area contributed by atoms with Gasteiger partial charge in [-0.15, -0.1) is 0 Å². The van der Waals surface area contributed by atoms with Gasteiger partial charge in [-0.2, -0.15) is 5.10 Å². The van der Waals surface area contributed by atoms with E-state index in [1.807, 2.05) is 0 Å². The molecule has 9 nitrogen and oxygen atoms in total. The summed E-state index contributed by atoms with van der Waals surface area (Å²) in [6.45, 7) is 0. The fraction of sp³-hybridized carbons (Fsp3) is 0.125. The highest BCUT2D eigenvalue weighted by Crippen LogP contribution is 2.34. The molecule has 11 heteroatoms. The van der Waals surface area contributed by atoms with Crippen LogP contribution in [0.2, 0.25) is 10.0 Å². The van der Waals surface area contributed by atoms with E-state index < -0.39 is 16.6 Å². The minimum atomic E-state index is -0.809. The van der Waals surface area contributed by atoms with E-state index >= 15 is 0 Å². The molecule has 0 bridgehead atoms. The van der Waals surface area contributed by atoms with Crippen LogP contribution in [0.25, 0.3) is 0 Å². The first-order chi connectivity index (χ1) is 12.8. The molecule has 142 valence electrons. The molecular formula is C16H13Cl2N3O6. The molecule has 2 N–H and O–H groups in total. The van der Waals surface area contributed by atoms with Gasteiger partial charge in [-0.3, -0.25) is 14.9 Å². The number of halogens is 2. The molecule has 2 aromatic rings. The smallest absolute Gasteiger partial charge is 0.282 e. The number of hydrogen-bond donors (Lipinski definition) is 2. The average Bonchev–Trinajstić information content (AvgIpc) is 2.63. The number of methoxy groups -OCH3 is 2. The highest BCUT2D eigenvalue weighted by Gasteiger charge is 2.19. The highest BCUT2D eigenvalue weighted by molar-refractivity contribution is 6.36. The number of amides is 1. The van der Waals surface area contributed by atoms with Crippen LogP contribution in [0.4, 0.5) is 5.69 Å². The molecule has 0 spiro atoms. The quantitative estimate of drug-likeness (QED) is 0.424. The van der Waals surface area contributed by atoms with Gasteiger partial charge in [0, 0.05) is 5.02 Å². The van der Waals surface area contributed by atoms with Crippen LogP contribution in [0.1, 0.15) is 15.9 Å². The Kier molecular flexibility index (Phi) is 6.43. The lowest BCUT2D eigenvalue weighted by atomic mass is 10.1. The lowest BCUT2D eigenvalue weighted by molar-refractivity contribution is -0.385. The number of nitrogens with one attached hydrogen (secondary N) is 1. The van der Waals surface area contributed by atoms with Crippen molar-refractivity contribution in [3.63, 3.8) is 0 Å². The first-order valence-electron chi connectivity index (χ1n) is 7.20. The van der Waals surface area contributed by atoms with Gasteiger partial charge < -0.3 is 14.6 Å². The van der Waals surface area contributed by atoms with Crippen LogP contribution in [0.15, 0.2) is 29.4 Å². The van der Waals surface area contributed by atoms with Crippen molar-refractivity contribution in [2.45, 2.75) is 0 Å². The third kappa shape index (κ3) is 4.57. The first kappa shape index (κ1) is 20.3. The van der Waals surface area contributed by atoms with Gasteiger partial charge in [0.15, 0.2) is 11.5 Å². The summed E-state index contributed by atoms with van der Waals surface area (Å²) >= 11 is 11.6. The molecule has 2 rings (SSSR count). The molecule has 0 unspecified atom stereocenters. The maximum absolute atomic E-state index is 12.1. The molecule has 0 fully saturated rings. The maximum Gasteiger partial charge on any atom is 0.282 e. The van der Waals surface area contributed by atoms with Crippen molar-refractivity contribution in [1.29, 1.82) is 0 Å². The number of nitrogens with zero attached hydrogens (tertiary/aromatic N) is 2. The lowest BCUT2D eigenvalue weighted by Gasteiger charge is -2.08. The van der Waals surface area contributed by atoms with Gasteiger partial charge >= 0.3 is 0 Å². The molecule has 1 amide bonds. The molecule has 0 aliphatic heterocycles. The van der Waals surface area contributed by atoms with E-state index in [1.165, 1.54) is 38.5 Å². The van der Waals surface area contributed by atoms with Gasteiger partial charge in [-0.25, -0.2) is 5.43 Å². The molecule has 27 heavy (non-hydrogen) atoms. The second-order valence-electron chi connectivity index (χ2n) is 5.01. The second kappa shape index (κ2) is 8.56. The summed E-state index contributed by atoms with van der Waals surface area (Å²) in [6, 6.07) is 4.98. The van der Waals surface area contributed by atoms with Gasteiger partial charge in [0.1, 0.15) is 5.75 Å². The number of rotatable bonds is 6. The van der Waals surface area contributed by atoms with E-state index in [1.54, 1.807) is 0 Å². The minimum Gasteiger partial charge on any atom is -0.506 e. The van der Waals surface area contributed by atoms with Crippen LogP contribution >= 0.6 is 23.2 Å². The number of ether oxygens (including phenoxy) is 2. The minimum absolute atomic E-state index is 0.0614. The molecule has 0 saturated carbocycles. The Balaban J connectivity index is 2.30. The number of phenols is 1. The van der Waals surface area contributed by atoms with Crippen molar-refractivity contribution in [3.05, 3.63) is 55.6 Å². The number of nitro groups is 1. The second-order valence-corrected chi connectivity index (χ2v) is 5.85. The van der Waals surface area contributed by atoms with Crippen LogP contribution in [-0.2, 0) is 0 Å². The van der Waals surface area contributed by atoms with Crippen LogP contribution in [0, 0.1) is 10.1 Å². The number of nitro benzene ring substituents is 1. The van der Waals surface area contributed by atoms with Gasteiger partial charge in [-0.1, -0.05) is 23.2 Å². The fourth-order valence-corrected chi connectivity index (χ4v) is 2.60. The average molecular weight is 414 g/mol. The fourth-order valence-electron chi connectivity index (χ4n) is 2.11. The Morgan fingerprint density at radius 2 is 1.85 bits per heavy atom. The largest absolute Gasteiger partial charge is 0.506 e. The van der Waals surface area contributed by atoms with Crippen LogP contribution in [0.5, 0.6) is 17.2 Å². The summed E-state index contributed by atoms with van der Waals surface area (Å²) in [5.41, 5.74) is 1.69. The van der Waals surface area contributed by atoms with E-state index in [0.29, 0.717) is 0 Å². The lowest BCUT2D eigenvalue weighted by Crippen LogP contribution is -2.18. The van der Waals surface area contributed by atoms with Crippen molar-refractivity contribution >= 4 is 41.0 Å². The molecular weight excluding hydrogens is 401 g/mol. The summed E-state index contributed by atoms with van der Waals surface area (Å²) in [5.74, 6) is -0.860. The Hall–Kier alpha value is -3.04. The molecule has 0 heterocycles. The maximum atomic E-state index is 12.1. The standard InChI is InChI=1S/C16H13Cl2N3O6/c1-26-13-3-8(12(21(24)25)6-14(13)27-2)7-19-20-16(23)10-4-9(17)5-11(18)15(10)22/h3-7,22H,1-2H3,(H,20,23)/b19-7-. The Morgan fingerprint density at radius 1 is 1.22 bits per heavy atom. The summed E-state index contributed by atoms with van der Waals surface area (Å²) < 4.78 is 10.1. The predicted molar refractivity (Wildman–Crippen MR) is 99.4 cm³/mol. The predicted octanol–water partition coefficient (Wildman–Crippen LogP) is 3.39. The van der Waals surface area contributed by atoms with E-state index in [-0.39, 0.29) is 38.4 Å². The zero-order valence-electron chi connectivity index (χ0n) is 14.0. The van der Waals surface area contributed by atoms with Crippen molar-refractivity contribution in [1.82, 2.24) is 5.43 Å². The first-order valence-corrected chi connectivity index (χ1v) is 7.96. The van der Waals surface area contributed by atoms with E-state index in [9.17, 15) is 20.0 Å². The van der Waals surface area contributed by atoms with Gasteiger partial charge in [0.05, 0.1) is 47.6 Å². The van der Waals surface area contributed by atoms with Crippen molar-refractivity contribution in [3.8, 4) is 17.2 Å². The van der Waals surface area contributed by atoms with Gasteiger partial charge in [0.25, 0.3) is 11.6 Å². The normalized spacial score (nSPS) is 10.7. The van der Waals surface area contributed by atoms with Crippen LogP contribution in [-0.4, -0.2) is 36.4 Å². The van der Waals surface area contributed by atoms with Gasteiger partial charge in [0.2, 0.25) is 0 Å². The molecule has 0 saturated heterocycles. The summed E-state index contributed by atoms with van der Waals surface area (Å²) in [5, 5.41) is 24.8. The number of benzene rings is 2. The van der Waals surface area contributed by atoms with E-state index in [4.69, 9.17) is 32.7 Å². The van der Waals surface area contributed by atoms with Crippen LogP contribution in [0.3, 0.4) is 0 Å². The van der Waals surface area contributed by atoms with E-state index in [2.05, 4.69) is 10.5 Å². The summed E-state index contributed by atoms with van der Waals surface area (Å²) in [6.07, 6.45) is 1.06. The van der Waals surface area contributed by atoms with E-state index in [0.717, 1.165) is 6.21 Å². The number of carbonyl (C=O) groups excluding carboxylic acids is 1. The third-order valence-corrected chi connectivity index (χ3v) is 3.88. The van der Waals surface area contributed by atoms with Crippen molar-refractivity contribution in [2.24, 2.45) is 5.10 Å². The Bertz CT molecular complexity index is 933. The molecule has 2 aromatic carbocycles. The summed E-state index contributed by atoms with van der Waals surface area (Å²) in [7, 11) is 2.72. The van der Waals surface area contributed by atoms with Crippen molar-refractivity contribution in [2.75, 3.05) is 14.2 Å². The number of carbonyl (C=O) groups is 1. The third-order valence-electron chi connectivity index (χ3n) is 3.37. The monoisotopic (exact) mass is 413 g/mol. The number of phenolic OH excluding ortho intramolecular Hbond substituents is 1. The molecule has 0 aliphatic rings. The Labute approximate surface area is 163 Å². The molecule has 0 aliphatic carbocycles. The van der Waals surface area contributed by atoms with Crippen molar-refractivity contribution < 1.29 is 24.3 Å². The zero-order chi connectivity index (χ0) is 20.1. The molecule has 0 aromatic heterocycles. The SMILES string of the molecule is COc1cc(/C=N\NC(=O)c2cc(Cl)cc(Cl)c2O)c([N+](=O)[O-])cc1OC. The number of aromatic hydroxyl groups is 1. The zero-order valence-corrected chi connectivity index (χ0v) is 15.5. The number of hydrogen-bond acceptors (Lipinski definition) is 7. The molecule has 0 radical (unpaired) electrons.